The molecule has 0 bridgehead atoms. The fraction of sp³-hybridized carbons (Fsp3) is 0.0476. The van der Waals surface area contributed by atoms with Crippen molar-refractivity contribution in [2.24, 2.45) is 5.14 Å². The van der Waals surface area contributed by atoms with E-state index in [2.05, 4.69) is 10.3 Å². The van der Waals surface area contributed by atoms with Gasteiger partial charge in [-0.2, -0.15) is 0 Å². The number of rotatable bonds is 6. The van der Waals surface area contributed by atoms with Crippen LogP contribution >= 0.6 is 34.7 Å². The Morgan fingerprint density at radius 1 is 1.06 bits per heavy atom. The number of hydrogen-bond donors (Lipinski definition) is 2. The number of primary sulfonamides is 1. The summed E-state index contributed by atoms with van der Waals surface area (Å²) in [5.41, 5.74) is 2.07. The third kappa shape index (κ3) is 5.25. The van der Waals surface area contributed by atoms with E-state index in [0.717, 1.165) is 20.1 Å². The molecule has 3 N–H and O–H groups in total. The quantitative estimate of drug-likeness (QED) is 0.368. The first-order chi connectivity index (χ1) is 14.8. The van der Waals surface area contributed by atoms with Gasteiger partial charge in [-0.1, -0.05) is 53.7 Å². The van der Waals surface area contributed by atoms with Crippen LogP contribution in [0.4, 0.5) is 5.69 Å². The van der Waals surface area contributed by atoms with E-state index < -0.39 is 15.3 Å². The second kappa shape index (κ2) is 8.97. The summed E-state index contributed by atoms with van der Waals surface area (Å²) in [6.45, 7) is 0. The fourth-order valence-corrected chi connectivity index (χ4v) is 5.79. The van der Waals surface area contributed by atoms with Gasteiger partial charge >= 0.3 is 0 Å². The third-order valence-corrected chi connectivity index (χ3v) is 7.89. The van der Waals surface area contributed by atoms with Crippen molar-refractivity contribution in [3.05, 3.63) is 83.4 Å². The number of amides is 1. The first-order valence-corrected chi connectivity index (χ1v) is 12.6. The summed E-state index contributed by atoms with van der Waals surface area (Å²) in [6, 6.07) is 20.6. The number of sulfonamides is 1. The Balaban J connectivity index is 1.60. The van der Waals surface area contributed by atoms with E-state index in [1.807, 2.05) is 42.5 Å². The van der Waals surface area contributed by atoms with Gasteiger partial charge in [-0.15, -0.1) is 11.3 Å². The molecule has 0 unspecified atom stereocenters. The van der Waals surface area contributed by atoms with Gasteiger partial charge in [-0.05, 0) is 48.0 Å². The average Bonchev–Trinajstić information content (AvgIpc) is 3.14. The predicted molar refractivity (Wildman–Crippen MR) is 126 cm³/mol. The molecule has 0 saturated carbocycles. The van der Waals surface area contributed by atoms with Crippen LogP contribution in [0.1, 0.15) is 10.8 Å². The number of benzene rings is 3. The minimum atomic E-state index is -3.80. The van der Waals surface area contributed by atoms with Crippen LogP contribution in [-0.4, -0.2) is 19.3 Å². The van der Waals surface area contributed by atoms with Crippen LogP contribution in [0.2, 0.25) is 5.02 Å². The fourth-order valence-electron chi connectivity index (χ4n) is 2.87. The second-order valence-corrected chi connectivity index (χ2v) is 10.9. The molecular formula is C21H16ClN3O3S3. The Morgan fingerprint density at radius 2 is 1.77 bits per heavy atom. The van der Waals surface area contributed by atoms with E-state index in [-0.39, 0.29) is 10.8 Å². The van der Waals surface area contributed by atoms with Gasteiger partial charge in [0.25, 0.3) is 0 Å². The van der Waals surface area contributed by atoms with Crippen molar-refractivity contribution in [2.45, 2.75) is 14.5 Å². The SMILES string of the molecule is NS(=O)(=O)c1ccc(NC(=O)[C@H](Sc2nc3cc(Cl)ccc3s2)c2ccccc2)cc1. The molecule has 4 aromatic rings. The first-order valence-electron chi connectivity index (χ1n) is 9.01. The van der Waals surface area contributed by atoms with Gasteiger partial charge in [0.1, 0.15) is 5.25 Å². The highest BCUT2D eigenvalue weighted by Crippen LogP contribution is 2.40. The monoisotopic (exact) mass is 489 g/mol. The summed E-state index contributed by atoms with van der Waals surface area (Å²) in [5, 5.41) is 8.02. The summed E-state index contributed by atoms with van der Waals surface area (Å²) < 4.78 is 24.6. The highest BCUT2D eigenvalue weighted by atomic mass is 35.5. The summed E-state index contributed by atoms with van der Waals surface area (Å²) >= 11 is 8.89. The predicted octanol–water partition coefficient (Wildman–Crippen LogP) is 5.07. The number of carbonyl (C=O) groups excluding carboxylic acids is 1. The minimum absolute atomic E-state index is 0.0207. The lowest BCUT2D eigenvalue weighted by molar-refractivity contribution is -0.115. The molecule has 4 rings (SSSR count). The Morgan fingerprint density at radius 3 is 2.45 bits per heavy atom. The lowest BCUT2D eigenvalue weighted by atomic mass is 10.1. The number of nitrogens with zero attached hydrogens (tertiary/aromatic N) is 1. The van der Waals surface area contributed by atoms with Crippen molar-refractivity contribution in [2.75, 3.05) is 5.32 Å². The van der Waals surface area contributed by atoms with Crippen molar-refractivity contribution < 1.29 is 13.2 Å². The van der Waals surface area contributed by atoms with Gasteiger partial charge in [0.2, 0.25) is 15.9 Å². The summed E-state index contributed by atoms with van der Waals surface area (Å²) in [7, 11) is -3.80. The minimum Gasteiger partial charge on any atom is -0.325 e. The van der Waals surface area contributed by atoms with E-state index in [1.54, 1.807) is 6.07 Å². The summed E-state index contributed by atoms with van der Waals surface area (Å²) in [4.78, 5) is 17.7. The van der Waals surface area contributed by atoms with Crippen molar-refractivity contribution in [1.82, 2.24) is 4.98 Å². The molecule has 0 aliphatic heterocycles. The molecule has 0 aliphatic carbocycles. The lowest BCUT2D eigenvalue weighted by Gasteiger charge is -2.16. The van der Waals surface area contributed by atoms with E-state index in [0.29, 0.717) is 10.7 Å². The first kappa shape index (κ1) is 21.8. The molecule has 0 saturated heterocycles. The van der Waals surface area contributed by atoms with Crippen LogP contribution in [0.3, 0.4) is 0 Å². The van der Waals surface area contributed by atoms with Crippen LogP contribution in [0.5, 0.6) is 0 Å². The van der Waals surface area contributed by atoms with Gasteiger partial charge in [-0.25, -0.2) is 18.5 Å². The molecule has 1 atom stereocenters. The normalized spacial score (nSPS) is 12.6. The van der Waals surface area contributed by atoms with Crippen molar-refractivity contribution in [1.29, 1.82) is 0 Å². The molecule has 0 aliphatic rings. The maximum Gasteiger partial charge on any atom is 0.242 e. The smallest absolute Gasteiger partial charge is 0.242 e. The topological polar surface area (TPSA) is 102 Å². The molecule has 6 nitrogen and oxygen atoms in total. The van der Waals surface area contributed by atoms with Crippen molar-refractivity contribution >= 4 is 66.5 Å². The molecule has 0 spiro atoms. The molecule has 1 aromatic heterocycles. The Kier molecular flexibility index (Phi) is 6.31. The summed E-state index contributed by atoms with van der Waals surface area (Å²) in [5.74, 6) is -0.253. The van der Waals surface area contributed by atoms with Gasteiger partial charge in [-0.3, -0.25) is 4.79 Å². The van der Waals surface area contributed by atoms with Crippen LogP contribution in [-0.2, 0) is 14.8 Å². The Labute approximate surface area is 192 Å². The molecule has 1 heterocycles. The molecule has 31 heavy (non-hydrogen) atoms. The van der Waals surface area contributed by atoms with E-state index in [9.17, 15) is 13.2 Å². The lowest BCUT2D eigenvalue weighted by Crippen LogP contribution is -2.19. The van der Waals surface area contributed by atoms with Crippen LogP contribution in [0.15, 0.2) is 82.0 Å². The molecule has 1 amide bonds. The molecule has 158 valence electrons. The standard InChI is InChI=1S/C21H16ClN3O3S3/c22-14-6-11-18-17(12-14)25-21(29-18)30-19(13-4-2-1-3-5-13)20(26)24-15-7-9-16(10-8-15)31(23,27)28/h1-12,19H,(H,24,26)(H2,23,27,28)/t19-/m1/s1. The van der Waals surface area contributed by atoms with Gasteiger partial charge in [0, 0.05) is 10.7 Å². The molecule has 0 radical (unpaired) electrons. The zero-order valence-corrected chi connectivity index (χ0v) is 19.1. The number of fused-ring (bicyclic) bond motifs is 1. The van der Waals surface area contributed by atoms with Crippen molar-refractivity contribution in [3.8, 4) is 0 Å². The second-order valence-electron chi connectivity index (χ2n) is 6.56. The van der Waals surface area contributed by atoms with Crippen LogP contribution in [0.25, 0.3) is 10.2 Å². The molecule has 10 heteroatoms. The van der Waals surface area contributed by atoms with Gasteiger partial charge in [0.15, 0.2) is 4.34 Å². The van der Waals surface area contributed by atoms with E-state index in [1.165, 1.54) is 47.4 Å². The third-order valence-electron chi connectivity index (χ3n) is 4.34. The summed E-state index contributed by atoms with van der Waals surface area (Å²) in [6.07, 6.45) is 0. The number of thioether (sulfide) groups is 1. The average molecular weight is 490 g/mol. The molecule has 0 fully saturated rings. The Hall–Kier alpha value is -2.43. The number of carbonyl (C=O) groups is 1. The number of nitrogens with two attached hydrogens (primary N) is 1. The highest BCUT2D eigenvalue weighted by molar-refractivity contribution is 8.02. The van der Waals surface area contributed by atoms with E-state index in [4.69, 9.17) is 16.7 Å². The van der Waals surface area contributed by atoms with Crippen molar-refractivity contribution in [3.63, 3.8) is 0 Å². The number of thiazole rings is 1. The van der Waals surface area contributed by atoms with E-state index >= 15 is 0 Å². The Bertz CT molecular complexity index is 1340. The van der Waals surface area contributed by atoms with Gasteiger partial charge < -0.3 is 5.32 Å². The number of aromatic nitrogens is 1. The number of anilines is 1. The number of nitrogens with one attached hydrogen (secondary N) is 1. The van der Waals surface area contributed by atoms with Gasteiger partial charge in [0.05, 0.1) is 15.1 Å². The number of hydrogen-bond acceptors (Lipinski definition) is 6. The molecule has 3 aromatic carbocycles. The zero-order valence-electron chi connectivity index (χ0n) is 15.9. The van der Waals surface area contributed by atoms with Crippen LogP contribution in [0, 0.1) is 0 Å². The maximum absolute atomic E-state index is 13.1. The maximum atomic E-state index is 13.1. The zero-order chi connectivity index (χ0) is 22.0. The molecular weight excluding hydrogens is 474 g/mol. The van der Waals surface area contributed by atoms with Crippen LogP contribution < -0.4 is 10.5 Å². The largest absolute Gasteiger partial charge is 0.325 e. The highest BCUT2D eigenvalue weighted by Gasteiger charge is 2.24. The number of halogens is 1.